The molecule has 0 saturated carbocycles. The van der Waals surface area contributed by atoms with Gasteiger partial charge in [0.25, 0.3) is 11.8 Å². The Labute approximate surface area is 157 Å². The number of rotatable bonds is 4. The summed E-state index contributed by atoms with van der Waals surface area (Å²) in [5.74, 6) is 0.553. The van der Waals surface area contributed by atoms with E-state index in [0.717, 1.165) is 11.1 Å². The van der Waals surface area contributed by atoms with Crippen molar-refractivity contribution in [1.29, 1.82) is 0 Å². The van der Waals surface area contributed by atoms with Crippen LogP contribution in [0.25, 0.3) is 0 Å². The minimum atomic E-state index is -0.0413. The zero-order valence-corrected chi connectivity index (χ0v) is 15.5. The lowest BCUT2D eigenvalue weighted by Gasteiger charge is -2.20. The van der Waals surface area contributed by atoms with Gasteiger partial charge in [0.05, 0.1) is 12.7 Å². The van der Waals surface area contributed by atoms with Crippen molar-refractivity contribution >= 4 is 23.2 Å². The first kappa shape index (κ1) is 17.2. The highest BCUT2D eigenvalue weighted by Crippen LogP contribution is 2.34. The molecule has 3 heterocycles. The second-order valence-electron chi connectivity index (χ2n) is 7.10. The van der Waals surface area contributed by atoms with Crippen LogP contribution in [0.3, 0.4) is 0 Å². The van der Waals surface area contributed by atoms with Crippen LogP contribution in [0.1, 0.15) is 26.3 Å². The number of nitrogens with zero attached hydrogens (tertiary/aromatic N) is 1. The maximum atomic E-state index is 12.8. The average molecular weight is 370 g/mol. The quantitative estimate of drug-likeness (QED) is 0.900. The van der Waals surface area contributed by atoms with E-state index < -0.39 is 0 Å². The van der Waals surface area contributed by atoms with E-state index in [1.54, 1.807) is 0 Å². The number of ether oxygens (including phenoxy) is 1. The number of amides is 2. The van der Waals surface area contributed by atoms with Crippen LogP contribution >= 0.6 is 11.3 Å². The summed E-state index contributed by atoms with van der Waals surface area (Å²) >= 11 is 1.51. The standard InChI is InChI=1S/C20H22N2O3S/c1-13-3-2-4-14(7-13)20(24)22-9-17-16(11-25-18(17)10-22)8-21-19(23)15-5-6-26-12-15/h2-7,12,16-18H,8-11H2,1H3,(H,21,23)/t16-,17+,18+/m0/s1. The van der Waals surface area contributed by atoms with Crippen LogP contribution in [0.15, 0.2) is 41.1 Å². The highest BCUT2D eigenvalue weighted by atomic mass is 32.1. The molecule has 0 bridgehead atoms. The van der Waals surface area contributed by atoms with Gasteiger partial charge in [0.15, 0.2) is 0 Å². The van der Waals surface area contributed by atoms with Crippen LogP contribution in [0, 0.1) is 18.8 Å². The first-order valence-corrected chi connectivity index (χ1v) is 9.84. The molecule has 136 valence electrons. The summed E-state index contributed by atoms with van der Waals surface area (Å²) < 4.78 is 5.91. The van der Waals surface area contributed by atoms with E-state index in [1.807, 2.05) is 52.9 Å². The maximum absolute atomic E-state index is 12.8. The van der Waals surface area contributed by atoms with Crippen LogP contribution in [-0.4, -0.2) is 49.1 Å². The number of hydrogen-bond acceptors (Lipinski definition) is 4. The monoisotopic (exact) mass is 370 g/mol. The summed E-state index contributed by atoms with van der Waals surface area (Å²) in [5.41, 5.74) is 2.51. The molecule has 26 heavy (non-hydrogen) atoms. The van der Waals surface area contributed by atoms with Crippen molar-refractivity contribution in [3.63, 3.8) is 0 Å². The molecule has 4 rings (SSSR count). The van der Waals surface area contributed by atoms with Gasteiger partial charge in [-0.15, -0.1) is 0 Å². The molecule has 0 aliphatic carbocycles. The molecule has 0 radical (unpaired) electrons. The fourth-order valence-corrected chi connectivity index (χ4v) is 4.49. The first-order valence-electron chi connectivity index (χ1n) is 8.90. The number of hydrogen-bond donors (Lipinski definition) is 1. The SMILES string of the molecule is Cc1cccc(C(=O)N2C[C@@H]3[C@@H](CNC(=O)c4ccsc4)CO[C@@H]3C2)c1. The predicted octanol–water partition coefficient (Wildman–Crippen LogP) is 2.57. The number of fused-ring (bicyclic) bond motifs is 1. The molecule has 0 spiro atoms. The molecule has 2 aliphatic rings. The summed E-state index contributed by atoms with van der Waals surface area (Å²) in [6, 6.07) is 9.52. The molecule has 2 saturated heterocycles. The van der Waals surface area contributed by atoms with Crippen molar-refractivity contribution in [3.8, 4) is 0 Å². The van der Waals surface area contributed by atoms with Gasteiger partial charge in [0, 0.05) is 48.0 Å². The summed E-state index contributed by atoms with van der Waals surface area (Å²) in [6.45, 7) is 4.54. The van der Waals surface area contributed by atoms with Crippen LogP contribution < -0.4 is 5.32 Å². The largest absolute Gasteiger partial charge is 0.376 e. The zero-order valence-electron chi connectivity index (χ0n) is 14.7. The molecule has 6 heteroatoms. The average Bonchev–Trinajstić information content (AvgIpc) is 3.36. The van der Waals surface area contributed by atoms with Gasteiger partial charge in [0.2, 0.25) is 0 Å². The van der Waals surface area contributed by atoms with Gasteiger partial charge in [-0.05, 0) is 30.5 Å². The number of nitrogens with one attached hydrogen (secondary N) is 1. The Morgan fingerprint density at radius 2 is 2.15 bits per heavy atom. The summed E-state index contributed by atoms with van der Waals surface area (Å²) in [4.78, 5) is 26.8. The Morgan fingerprint density at radius 3 is 2.92 bits per heavy atom. The minimum absolute atomic E-state index is 0.0413. The molecular weight excluding hydrogens is 348 g/mol. The van der Waals surface area contributed by atoms with Crippen molar-refractivity contribution in [1.82, 2.24) is 10.2 Å². The normalized spacial score (nSPS) is 24.5. The molecule has 1 N–H and O–H groups in total. The van der Waals surface area contributed by atoms with Crippen molar-refractivity contribution < 1.29 is 14.3 Å². The molecule has 0 unspecified atom stereocenters. The van der Waals surface area contributed by atoms with Crippen LogP contribution in [0.5, 0.6) is 0 Å². The molecule has 5 nitrogen and oxygen atoms in total. The smallest absolute Gasteiger partial charge is 0.253 e. The summed E-state index contributed by atoms with van der Waals surface area (Å²) in [7, 11) is 0. The molecular formula is C20H22N2O3S. The third kappa shape index (κ3) is 3.39. The minimum Gasteiger partial charge on any atom is -0.376 e. The van der Waals surface area contributed by atoms with E-state index in [2.05, 4.69) is 5.32 Å². The lowest BCUT2D eigenvalue weighted by Crippen LogP contribution is -2.35. The second-order valence-corrected chi connectivity index (χ2v) is 7.88. The van der Waals surface area contributed by atoms with Gasteiger partial charge in [-0.2, -0.15) is 11.3 Å². The van der Waals surface area contributed by atoms with Crippen molar-refractivity contribution in [2.75, 3.05) is 26.2 Å². The number of carbonyl (C=O) groups excluding carboxylic acids is 2. The second kappa shape index (κ2) is 7.21. The molecule has 1 aromatic heterocycles. The molecule has 2 amide bonds. The number of aryl methyl sites for hydroxylation is 1. The van der Waals surface area contributed by atoms with Gasteiger partial charge in [-0.3, -0.25) is 9.59 Å². The fourth-order valence-electron chi connectivity index (χ4n) is 3.86. The molecule has 2 aliphatic heterocycles. The third-order valence-corrected chi connectivity index (χ3v) is 5.98. The van der Waals surface area contributed by atoms with Gasteiger partial charge >= 0.3 is 0 Å². The lowest BCUT2D eigenvalue weighted by molar-refractivity contribution is 0.0674. The first-order chi connectivity index (χ1) is 12.6. The number of carbonyl (C=O) groups is 2. The summed E-state index contributed by atoms with van der Waals surface area (Å²) in [5, 5.41) is 6.75. The van der Waals surface area contributed by atoms with E-state index >= 15 is 0 Å². The Hall–Kier alpha value is -2.18. The number of benzene rings is 1. The van der Waals surface area contributed by atoms with Gasteiger partial charge in [-0.25, -0.2) is 0 Å². The van der Waals surface area contributed by atoms with E-state index in [4.69, 9.17) is 4.74 Å². The van der Waals surface area contributed by atoms with Crippen LogP contribution in [-0.2, 0) is 4.74 Å². The zero-order chi connectivity index (χ0) is 18.1. The Kier molecular flexibility index (Phi) is 4.78. The lowest BCUT2D eigenvalue weighted by atomic mass is 9.93. The molecule has 1 aromatic carbocycles. The van der Waals surface area contributed by atoms with E-state index in [-0.39, 0.29) is 29.8 Å². The van der Waals surface area contributed by atoms with E-state index in [0.29, 0.717) is 31.8 Å². The predicted molar refractivity (Wildman–Crippen MR) is 100 cm³/mol. The number of thiophene rings is 1. The van der Waals surface area contributed by atoms with Gasteiger partial charge < -0.3 is 15.0 Å². The number of likely N-dealkylation sites (tertiary alicyclic amines) is 1. The molecule has 3 atom stereocenters. The van der Waals surface area contributed by atoms with Gasteiger partial charge in [0.1, 0.15) is 0 Å². The Bertz CT molecular complexity index is 805. The molecule has 2 fully saturated rings. The Morgan fingerprint density at radius 1 is 1.27 bits per heavy atom. The van der Waals surface area contributed by atoms with Gasteiger partial charge in [-0.1, -0.05) is 17.7 Å². The maximum Gasteiger partial charge on any atom is 0.253 e. The van der Waals surface area contributed by atoms with Crippen LogP contribution in [0.2, 0.25) is 0 Å². The van der Waals surface area contributed by atoms with Crippen molar-refractivity contribution in [2.45, 2.75) is 13.0 Å². The summed E-state index contributed by atoms with van der Waals surface area (Å²) in [6.07, 6.45) is 0.0757. The topological polar surface area (TPSA) is 58.6 Å². The highest BCUT2D eigenvalue weighted by Gasteiger charge is 2.45. The highest BCUT2D eigenvalue weighted by molar-refractivity contribution is 7.08. The molecule has 2 aromatic rings. The van der Waals surface area contributed by atoms with Crippen LogP contribution in [0.4, 0.5) is 0 Å². The Balaban J connectivity index is 1.36. The van der Waals surface area contributed by atoms with Crippen molar-refractivity contribution in [3.05, 3.63) is 57.8 Å². The van der Waals surface area contributed by atoms with E-state index in [9.17, 15) is 9.59 Å². The van der Waals surface area contributed by atoms with Crippen molar-refractivity contribution in [2.24, 2.45) is 11.8 Å². The third-order valence-electron chi connectivity index (χ3n) is 5.30. The fraction of sp³-hybridized carbons (Fsp3) is 0.400. The van der Waals surface area contributed by atoms with E-state index in [1.165, 1.54) is 11.3 Å².